The lowest BCUT2D eigenvalue weighted by Crippen LogP contribution is -2.01. The van der Waals surface area contributed by atoms with Crippen LogP contribution in [-0.4, -0.2) is 19.9 Å². The Morgan fingerprint density at radius 3 is 1.65 bits per heavy atom. The Kier molecular flexibility index (Phi) is 6.11. The number of hydrogen-bond donors (Lipinski definition) is 0. The van der Waals surface area contributed by atoms with Gasteiger partial charge in [0.1, 0.15) is 5.58 Å². The molecule has 0 N–H and O–H groups in total. The quantitative estimate of drug-likeness (QED) is 0.194. The highest BCUT2D eigenvalue weighted by atomic mass is 16.3. The lowest BCUT2D eigenvalue weighted by atomic mass is 9.92. The number of rotatable bonds is 4. The van der Waals surface area contributed by atoms with E-state index >= 15 is 0 Å². The molecule has 10 aromatic rings. The van der Waals surface area contributed by atoms with Gasteiger partial charge in [0.15, 0.2) is 17.5 Å². The van der Waals surface area contributed by atoms with E-state index in [2.05, 4.69) is 138 Å². The van der Waals surface area contributed by atoms with E-state index < -0.39 is 0 Å². The summed E-state index contributed by atoms with van der Waals surface area (Å²) in [4.78, 5) is 19.9. The first-order valence-corrected chi connectivity index (χ1v) is 16.3. The Morgan fingerprint density at radius 2 is 0.959 bits per heavy atom. The van der Waals surface area contributed by atoms with E-state index in [0.29, 0.717) is 23.2 Å². The molecule has 7 aromatic carbocycles. The van der Waals surface area contributed by atoms with E-state index in [9.17, 15) is 0 Å². The van der Waals surface area contributed by atoms with Crippen LogP contribution in [0, 0.1) is 0 Å². The van der Waals surface area contributed by atoms with Crippen LogP contribution in [0.4, 0.5) is 0 Å². The van der Waals surface area contributed by atoms with E-state index in [1.54, 1.807) is 6.20 Å². The molecule has 228 valence electrons. The molecule has 10 rings (SSSR count). The van der Waals surface area contributed by atoms with Gasteiger partial charge < -0.3 is 4.42 Å². The normalized spacial score (nSPS) is 11.7. The van der Waals surface area contributed by atoms with Crippen molar-refractivity contribution in [3.8, 4) is 45.3 Å². The maximum absolute atomic E-state index is 6.15. The third-order valence-electron chi connectivity index (χ3n) is 9.38. The minimum atomic E-state index is 0.625. The molecule has 0 saturated carbocycles. The summed E-state index contributed by atoms with van der Waals surface area (Å²) >= 11 is 0. The fourth-order valence-corrected chi connectivity index (χ4v) is 7.03. The van der Waals surface area contributed by atoms with Gasteiger partial charge in [-0.15, -0.1) is 0 Å². The van der Waals surface area contributed by atoms with Gasteiger partial charge in [0.25, 0.3) is 0 Å². The molecule has 0 atom stereocenters. The second-order valence-electron chi connectivity index (χ2n) is 12.3. The third-order valence-corrected chi connectivity index (χ3v) is 9.38. The second-order valence-corrected chi connectivity index (χ2v) is 12.3. The van der Waals surface area contributed by atoms with Crippen molar-refractivity contribution in [2.45, 2.75) is 0 Å². The molecule has 0 bridgehead atoms. The predicted molar refractivity (Wildman–Crippen MR) is 199 cm³/mol. The van der Waals surface area contributed by atoms with Crippen LogP contribution in [0.1, 0.15) is 0 Å². The van der Waals surface area contributed by atoms with Gasteiger partial charge in [-0.25, -0.2) is 19.9 Å². The first-order chi connectivity index (χ1) is 24.3. The number of fused-ring (bicyclic) bond motifs is 6. The number of furan rings is 1. The number of hydrogen-bond acceptors (Lipinski definition) is 5. The van der Waals surface area contributed by atoms with Crippen molar-refractivity contribution >= 4 is 54.4 Å². The van der Waals surface area contributed by atoms with Crippen molar-refractivity contribution in [3.05, 3.63) is 158 Å². The van der Waals surface area contributed by atoms with Crippen molar-refractivity contribution in [1.82, 2.24) is 19.9 Å². The van der Waals surface area contributed by atoms with Crippen molar-refractivity contribution in [2.24, 2.45) is 0 Å². The van der Waals surface area contributed by atoms with Gasteiger partial charge in [0, 0.05) is 33.7 Å². The van der Waals surface area contributed by atoms with Crippen molar-refractivity contribution in [2.75, 3.05) is 0 Å². The molecule has 0 aliphatic carbocycles. The van der Waals surface area contributed by atoms with Crippen LogP contribution in [0.5, 0.6) is 0 Å². The molecule has 0 saturated heterocycles. The SMILES string of the molecule is c1ccc2cc(-c3nc(-c4ccc5ccccc5c4)nc(-c4ccc(-c5cccc6oc7ncccc7c56)c5ccccc45)n3)ccc2c1. The lowest BCUT2D eigenvalue weighted by molar-refractivity contribution is 0.654. The van der Waals surface area contributed by atoms with Crippen LogP contribution in [0.3, 0.4) is 0 Å². The van der Waals surface area contributed by atoms with Gasteiger partial charge in [-0.3, -0.25) is 0 Å². The highest BCUT2D eigenvalue weighted by Crippen LogP contribution is 2.41. The summed E-state index contributed by atoms with van der Waals surface area (Å²) in [5.41, 5.74) is 6.48. The third kappa shape index (κ3) is 4.55. The highest BCUT2D eigenvalue weighted by Gasteiger charge is 2.19. The lowest BCUT2D eigenvalue weighted by Gasteiger charge is -2.14. The maximum atomic E-state index is 6.15. The standard InChI is InChI=1S/C44H26N4O/c1-3-11-29-25-31(20-18-27(29)9-1)41-46-42(32-21-19-28-10-2-4-12-30(28)26-32)48-43(47-41)37-23-22-35(33-13-5-6-14-34(33)37)36-15-7-17-39-40(36)38-16-8-24-45-44(38)49-39/h1-26H. The van der Waals surface area contributed by atoms with E-state index in [1.165, 1.54) is 10.8 Å². The highest BCUT2D eigenvalue weighted by molar-refractivity contribution is 6.15. The molecule has 3 heterocycles. The van der Waals surface area contributed by atoms with Crippen LogP contribution < -0.4 is 0 Å². The molecule has 0 spiro atoms. The van der Waals surface area contributed by atoms with Crippen LogP contribution in [0.25, 0.3) is 99.7 Å². The van der Waals surface area contributed by atoms with Gasteiger partial charge in [-0.1, -0.05) is 115 Å². The Labute approximate surface area is 281 Å². The van der Waals surface area contributed by atoms with Crippen LogP contribution >= 0.6 is 0 Å². The van der Waals surface area contributed by atoms with Gasteiger partial charge in [0.05, 0.1) is 0 Å². The smallest absolute Gasteiger partial charge is 0.227 e. The first-order valence-electron chi connectivity index (χ1n) is 16.3. The molecular weight excluding hydrogens is 601 g/mol. The van der Waals surface area contributed by atoms with Gasteiger partial charge in [-0.05, 0) is 79.8 Å². The molecule has 0 aliphatic rings. The zero-order valence-electron chi connectivity index (χ0n) is 26.2. The van der Waals surface area contributed by atoms with E-state index in [4.69, 9.17) is 19.4 Å². The minimum absolute atomic E-state index is 0.625. The van der Waals surface area contributed by atoms with Crippen LogP contribution in [0.15, 0.2) is 162 Å². The largest absolute Gasteiger partial charge is 0.438 e. The zero-order valence-corrected chi connectivity index (χ0v) is 26.2. The predicted octanol–water partition coefficient (Wildman–Crippen LogP) is 11.3. The second kappa shape index (κ2) is 10.9. The minimum Gasteiger partial charge on any atom is -0.438 e. The molecule has 0 radical (unpaired) electrons. The Balaban J connectivity index is 1.21. The molecule has 5 nitrogen and oxygen atoms in total. The Morgan fingerprint density at radius 1 is 0.388 bits per heavy atom. The van der Waals surface area contributed by atoms with Gasteiger partial charge >= 0.3 is 0 Å². The summed E-state index contributed by atoms with van der Waals surface area (Å²) in [5, 5.41) is 8.84. The van der Waals surface area contributed by atoms with Crippen LogP contribution in [0.2, 0.25) is 0 Å². The number of aromatic nitrogens is 4. The van der Waals surface area contributed by atoms with Gasteiger partial charge in [-0.2, -0.15) is 0 Å². The molecule has 0 amide bonds. The monoisotopic (exact) mass is 626 g/mol. The van der Waals surface area contributed by atoms with Crippen LogP contribution in [-0.2, 0) is 0 Å². The van der Waals surface area contributed by atoms with Gasteiger partial charge in [0.2, 0.25) is 5.71 Å². The topological polar surface area (TPSA) is 64.7 Å². The molecular formula is C44H26N4O. The fraction of sp³-hybridized carbons (Fsp3) is 0. The fourth-order valence-electron chi connectivity index (χ4n) is 7.03. The van der Waals surface area contributed by atoms with E-state index in [0.717, 1.165) is 65.7 Å². The average Bonchev–Trinajstić information content (AvgIpc) is 3.56. The Hall–Kier alpha value is -6.72. The summed E-state index contributed by atoms with van der Waals surface area (Å²) in [6.07, 6.45) is 1.77. The number of benzene rings is 7. The summed E-state index contributed by atoms with van der Waals surface area (Å²) < 4.78 is 6.15. The number of nitrogens with zero attached hydrogens (tertiary/aromatic N) is 4. The van der Waals surface area contributed by atoms with Crippen molar-refractivity contribution in [3.63, 3.8) is 0 Å². The first kappa shape index (κ1) is 27.4. The van der Waals surface area contributed by atoms with E-state index in [1.807, 2.05) is 18.2 Å². The summed E-state index contributed by atoms with van der Waals surface area (Å²) in [6, 6.07) is 52.5. The zero-order chi connectivity index (χ0) is 32.3. The van der Waals surface area contributed by atoms with Crippen molar-refractivity contribution < 1.29 is 4.42 Å². The molecule has 3 aromatic heterocycles. The summed E-state index contributed by atoms with van der Waals surface area (Å²) in [5.74, 6) is 1.89. The molecule has 0 fully saturated rings. The summed E-state index contributed by atoms with van der Waals surface area (Å²) in [6.45, 7) is 0. The molecule has 5 heteroatoms. The number of pyridine rings is 1. The average molecular weight is 627 g/mol. The van der Waals surface area contributed by atoms with Crippen molar-refractivity contribution in [1.29, 1.82) is 0 Å². The maximum Gasteiger partial charge on any atom is 0.227 e. The molecule has 0 aliphatic heterocycles. The summed E-state index contributed by atoms with van der Waals surface area (Å²) in [7, 11) is 0. The molecule has 0 unspecified atom stereocenters. The van der Waals surface area contributed by atoms with E-state index in [-0.39, 0.29) is 0 Å². The molecule has 49 heavy (non-hydrogen) atoms. The Bertz CT molecular complexity index is 2810.